The summed E-state index contributed by atoms with van der Waals surface area (Å²) in [7, 11) is 0. The summed E-state index contributed by atoms with van der Waals surface area (Å²) in [5.41, 5.74) is 2.27. The maximum atomic E-state index is 11.7. The number of ketones is 1. The minimum absolute atomic E-state index is 0.277. The monoisotopic (exact) mass is 249 g/mol. The molecule has 2 nitrogen and oxygen atoms in total. The molecule has 82 valence electrons. The maximum Gasteiger partial charge on any atom is 0.174 e. The van der Waals surface area contributed by atoms with Crippen LogP contribution in [-0.2, 0) is 6.42 Å². The second-order valence-corrected chi connectivity index (χ2v) is 5.92. The van der Waals surface area contributed by atoms with Gasteiger partial charge in [-0.2, -0.15) is 0 Å². The van der Waals surface area contributed by atoms with E-state index in [-0.39, 0.29) is 5.78 Å². The predicted molar refractivity (Wildman–Crippen MR) is 67.4 cm³/mol. The number of carbonyl (C=O) groups excluding carboxylic acids is 1. The summed E-state index contributed by atoms with van der Waals surface area (Å²) >= 11 is 3.27. The number of Topliss-reactive ketones (excluding diaryl/α,β-unsaturated/α-hetero) is 1. The van der Waals surface area contributed by atoms with E-state index < -0.39 is 0 Å². The molecule has 0 aromatic carbocycles. The van der Waals surface area contributed by atoms with Crippen molar-refractivity contribution >= 4 is 28.5 Å². The van der Waals surface area contributed by atoms with Gasteiger partial charge in [0.05, 0.1) is 15.4 Å². The van der Waals surface area contributed by atoms with Crippen LogP contribution in [-0.4, -0.2) is 10.8 Å². The third-order valence-electron chi connectivity index (χ3n) is 2.82. The molecule has 0 fully saturated rings. The standard InChI is InChI=1S/C12H11NOS2/c1-7-5-6-15-10(7)12-13-8-3-2-4-9(14)11(8)16-12/h5-6H,2-4H2,1H3. The van der Waals surface area contributed by atoms with Crippen LogP contribution in [0.3, 0.4) is 0 Å². The second-order valence-electron chi connectivity index (χ2n) is 4.00. The number of aromatic nitrogens is 1. The lowest BCUT2D eigenvalue weighted by atomic mass is 10.0. The average molecular weight is 249 g/mol. The highest BCUT2D eigenvalue weighted by molar-refractivity contribution is 7.22. The Hall–Kier alpha value is -1.00. The molecule has 0 saturated heterocycles. The molecule has 1 aliphatic rings. The summed E-state index contributed by atoms with van der Waals surface area (Å²) in [6, 6.07) is 2.10. The summed E-state index contributed by atoms with van der Waals surface area (Å²) < 4.78 is 0. The quantitative estimate of drug-likeness (QED) is 0.771. The highest BCUT2D eigenvalue weighted by Crippen LogP contribution is 2.36. The molecule has 0 radical (unpaired) electrons. The first-order valence-electron chi connectivity index (χ1n) is 5.33. The van der Waals surface area contributed by atoms with E-state index in [1.54, 1.807) is 22.7 Å². The van der Waals surface area contributed by atoms with Crippen LogP contribution in [0.25, 0.3) is 9.88 Å². The van der Waals surface area contributed by atoms with E-state index in [9.17, 15) is 4.79 Å². The average Bonchev–Trinajstić information content (AvgIpc) is 2.84. The number of nitrogens with zero attached hydrogens (tertiary/aromatic N) is 1. The number of hydrogen-bond donors (Lipinski definition) is 0. The molecule has 3 rings (SSSR count). The minimum atomic E-state index is 0.277. The molecule has 0 spiro atoms. The number of hydrogen-bond acceptors (Lipinski definition) is 4. The Morgan fingerprint density at radius 2 is 2.19 bits per heavy atom. The van der Waals surface area contributed by atoms with E-state index in [2.05, 4.69) is 23.4 Å². The van der Waals surface area contributed by atoms with E-state index in [4.69, 9.17) is 0 Å². The third kappa shape index (κ3) is 1.53. The predicted octanol–water partition coefficient (Wildman–Crippen LogP) is 3.70. The van der Waals surface area contributed by atoms with Gasteiger partial charge in [0.1, 0.15) is 5.01 Å². The smallest absolute Gasteiger partial charge is 0.174 e. The van der Waals surface area contributed by atoms with Gasteiger partial charge in [-0.05, 0) is 36.8 Å². The third-order valence-corrected chi connectivity index (χ3v) is 5.13. The molecular weight excluding hydrogens is 238 g/mol. The van der Waals surface area contributed by atoms with Crippen LogP contribution in [0, 0.1) is 6.92 Å². The van der Waals surface area contributed by atoms with Gasteiger partial charge in [0.25, 0.3) is 0 Å². The largest absolute Gasteiger partial charge is 0.293 e. The first kappa shape index (κ1) is 10.2. The van der Waals surface area contributed by atoms with Crippen LogP contribution in [0.2, 0.25) is 0 Å². The lowest BCUT2D eigenvalue weighted by molar-refractivity contribution is 0.0976. The van der Waals surface area contributed by atoms with Crippen LogP contribution in [0.15, 0.2) is 11.4 Å². The van der Waals surface area contributed by atoms with Gasteiger partial charge >= 0.3 is 0 Å². The molecule has 2 aromatic heterocycles. The van der Waals surface area contributed by atoms with Gasteiger partial charge in [0, 0.05) is 6.42 Å². The molecule has 0 N–H and O–H groups in total. The fourth-order valence-corrected chi connectivity index (χ4v) is 4.12. The molecule has 16 heavy (non-hydrogen) atoms. The summed E-state index contributed by atoms with van der Waals surface area (Å²) in [5, 5.41) is 3.10. The molecule has 0 amide bonds. The van der Waals surface area contributed by atoms with Crippen LogP contribution in [0.5, 0.6) is 0 Å². The van der Waals surface area contributed by atoms with Gasteiger partial charge in [-0.1, -0.05) is 0 Å². The molecule has 2 heterocycles. The summed E-state index contributed by atoms with van der Waals surface area (Å²) in [4.78, 5) is 18.5. The first-order chi connectivity index (χ1) is 7.75. The minimum Gasteiger partial charge on any atom is -0.293 e. The van der Waals surface area contributed by atoms with Crippen LogP contribution in [0.1, 0.15) is 33.8 Å². The van der Waals surface area contributed by atoms with Crippen molar-refractivity contribution < 1.29 is 4.79 Å². The van der Waals surface area contributed by atoms with E-state index in [1.807, 2.05) is 0 Å². The second kappa shape index (κ2) is 3.79. The van der Waals surface area contributed by atoms with Crippen molar-refractivity contribution in [1.29, 1.82) is 0 Å². The van der Waals surface area contributed by atoms with Crippen molar-refractivity contribution in [3.63, 3.8) is 0 Å². The molecular formula is C12H11NOS2. The van der Waals surface area contributed by atoms with Gasteiger partial charge in [-0.3, -0.25) is 4.79 Å². The molecule has 0 aliphatic heterocycles. The Bertz CT molecular complexity index is 553. The van der Waals surface area contributed by atoms with Gasteiger partial charge in [-0.15, -0.1) is 22.7 Å². The molecule has 2 aromatic rings. The number of rotatable bonds is 1. The normalized spacial score (nSPS) is 15.2. The van der Waals surface area contributed by atoms with E-state index >= 15 is 0 Å². The van der Waals surface area contributed by atoms with Crippen LogP contribution >= 0.6 is 22.7 Å². The maximum absolute atomic E-state index is 11.7. The van der Waals surface area contributed by atoms with Crippen molar-refractivity contribution in [3.8, 4) is 9.88 Å². The number of fused-ring (bicyclic) bond motifs is 1. The van der Waals surface area contributed by atoms with Crippen molar-refractivity contribution in [3.05, 3.63) is 27.6 Å². The fraction of sp³-hybridized carbons (Fsp3) is 0.333. The fourth-order valence-electron chi connectivity index (χ4n) is 1.96. The van der Waals surface area contributed by atoms with Gasteiger partial charge < -0.3 is 0 Å². The zero-order valence-electron chi connectivity index (χ0n) is 8.95. The molecule has 0 saturated carbocycles. The van der Waals surface area contributed by atoms with Crippen molar-refractivity contribution in [1.82, 2.24) is 4.98 Å². The lowest BCUT2D eigenvalue weighted by Gasteiger charge is -2.06. The molecule has 4 heteroatoms. The Balaban J connectivity index is 2.11. The topological polar surface area (TPSA) is 30.0 Å². The SMILES string of the molecule is Cc1ccsc1-c1nc2c(s1)C(=O)CCC2. The summed E-state index contributed by atoms with van der Waals surface area (Å²) in [6.07, 6.45) is 2.61. The van der Waals surface area contributed by atoms with Crippen molar-refractivity contribution in [2.45, 2.75) is 26.2 Å². The van der Waals surface area contributed by atoms with Crippen molar-refractivity contribution in [2.24, 2.45) is 0 Å². The van der Waals surface area contributed by atoms with Crippen LogP contribution < -0.4 is 0 Å². The van der Waals surface area contributed by atoms with E-state index in [0.717, 1.165) is 28.4 Å². The molecule has 0 unspecified atom stereocenters. The number of carbonyl (C=O) groups is 1. The van der Waals surface area contributed by atoms with Gasteiger partial charge in [0.2, 0.25) is 0 Å². The molecule has 1 aliphatic carbocycles. The zero-order valence-corrected chi connectivity index (χ0v) is 10.6. The van der Waals surface area contributed by atoms with Gasteiger partial charge in [0.15, 0.2) is 5.78 Å². The lowest BCUT2D eigenvalue weighted by Crippen LogP contribution is -2.07. The Labute approximate surface area is 102 Å². The summed E-state index contributed by atoms with van der Waals surface area (Å²) in [5.74, 6) is 0.277. The van der Waals surface area contributed by atoms with Gasteiger partial charge in [-0.25, -0.2) is 4.98 Å². The van der Waals surface area contributed by atoms with Crippen molar-refractivity contribution in [2.75, 3.05) is 0 Å². The number of thiophene rings is 1. The highest BCUT2D eigenvalue weighted by atomic mass is 32.1. The van der Waals surface area contributed by atoms with E-state index in [0.29, 0.717) is 6.42 Å². The van der Waals surface area contributed by atoms with Crippen LogP contribution in [0.4, 0.5) is 0 Å². The molecule has 0 bridgehead atoms. The first-order valence-corrected chi connectivity index (χ1v) is 7.02. The Morgan fingerprint density at radius 1 is 1.31 bits per heavy atom. The molecule has 0 atom stereocenters. The van der Waals surface area contributed by atoms with E-state index in [1.165, 1.54) is 10.4 Å². The summed E-state index contributed by atoms with van der Waals surface area (Å²) in [6.45, 7) is 2.09. The number of aryl methyl sites for hydroxylation is 2. The number of thiazole rings is 1. The zero-order chi connectivity index (χ0) is 11.1. The Morgan fingerprint density at radius 3 is 2.88 bits per heavy atom. The highest BCUT2D eigenvalue weighted by Gasteiger charge is 2.23. The Kier molecular flexibility index (Phi) is 2.41.